The number of likely N-dealkylation sites (tertiary alicyclic amines) is 1. The van der Waals surface area contributed by atoms with Crippen LogP contribution in [0.2, 0.25) is 0 Å². The molecule has 2 heterocycles. The zero-order chi connectivity index (χ0) is 16.9. The first-order chi connectivity index (χ1) is 11.6. The Hall–Kier alpha value is -2.27. The number of pyridine rings is 1. The lowest BCUT2D eigenvalue weighted by Crippen LogP contribution is -2.38. The molecular formula is C19H22FN3O. The molecule has 1 saturated heterocycles. The highest BCUT2D eigenvalue weighted by atomic mass is 19.1. The van der Waals surface area contributed by atoms with Crippen LogP contribution in [0.5, 0.6) is 0 Å². The average Bonchev–Trinajstić information content (AvgIpc) is 2.95. The molecule has 1 N–H and O–H groups in total. The summed E-state index contributed by atoms with van der Waals surface area (Å²) in [5, 5.41) is 2.92. The number of rotatable bonds is 5. The smallest absolute Gasteiger partial charge is 0.234 e. The van der Waals surface area contributed by atoms with E-state index in [2.05, 4.69) is 22.1 Å². The number of amides is 1. The van der Waals surface area contributed by atoms with Crippen LogP contribution in [0.1, 0.15) is 30.5 Å². The molecule has 0 saturated carbocycles. The minimum absolute atomic E-state index is 0.00672. The first-order valence-electron chi connectivity index (χ1n) is 8.28. The van der Waals surface area contributed by atoms with Crippen molar-refractivity contribution in [3.8, 4) is 0 Å². The molecule has 0 radical (unpaired) electrons. The molecule has 24 heavy (non-hydrogen) atoms. The van der Waals surface area contributed by atoms with Crippen molar-refractivity contribution >= 4 is 5.91 Å². The molecule has 2 unspecified atom stereocenters. The number of halogens is 1. The summed E-state index contributed by atoms with van der Waals surface area (Å²) in [6.07, 6.45) is 2.70. The maximum Gasteiger partial charge on any atom is 0.234 e. The maximum absolute atomic E-state index is 13.1. The quantitative estimate of drug-likeness (QED) is 0.918. The number of benzene rings is 1. The summed E-state index contributed by atoms with van der Waals surface area (Å²) < 4.78 is 13.1. The van der Waals surface area contributed by atoms with Gasteiger partial charge < -0.3 is 5.32 Å². The summed E-state index contributed by atoms with van der Waals surface area (Å²) in [5.41, 5.74) is 1.99. The second-order valence-corrected chi connectivity index (χ2v) is 6.36. The lowest BCUT2D eigenvalue weighted by molar-refractivity contribution is -0.122. The molecular weight excluding hydrogens is 305 g/mol. The highest BCUT2D eigenvalue weighted by molar-refractivity contribution is 5.78. The molecule has 4 nitrogen and oxygen atoms in total. The Morgan fingerprint density at radius 2 is 2.08 bits per heavy atom. The summed E-state index contributed by atoms with van der Waals surface area (Å²) in [6.45, 7) is 3.79. The van der Waals surface area contributed by atoms with Crippen molar-refractivity contribution in [2.45, 2.75) is 31.8 Å². The Labute approximate surface area is 141 Å². The van der Waals surface area contributed by atoms with Gasteiger partial charge in [-0.05, 0) is 49.1 Å². The molecule has 0 aliphatic carbocycles. The van der Waals surface area contributed by atoms with E-state index in [0.717, 1.165) is 24.2 Å². The van der Waals surface area contributed by atoms with Crippen molar-refractivity contribution in [1.29, 1.82) is 0 Å². The van der Waals surface area contributed by atoms with Gasteiger partial charge in [-0.25, -0.2) is 4.39 Å². The second kappa shape index (κ2) is 7.53. The Balaban J connectivity index is 1.51. The van der Waals surface area contributed by atoms with Gasteiger partial charge in [0.1, 0.15) is 5.82 Å². The molecule has 2 atom stereocenters. The lowest BCUT2D eigenvalue weighted by Gasteiger charge is -2.20. The largest absolute Gasteiger partial charge is 0.349 e. The molecule has 1 amide bonds. The van der Waals surface area contributed by atoms with E-state index in [1.165, 1.54) is 12.1 Å². The van der Waals surface area contributed by atoms with Gasteiger partial charge >= 0.3 is 0 Å². The van der Waals surface area contributed by atoms with E-state index in [9.17, 15) is 9.18 Å². The van der Waals surface area contributed by atoms with Crippen LogP contribution < -0.4 is 5.32 Å². The molecule has 126 valence electrons. The Kier molecular flexibility index (Phi) is 5.20. The molecule has 3 rings (SSSR count). The van der Waals surface area contributed by atoms with Gasteiger partial charge in [0.2, 0.25) is 5.91 Å². The van der Waals surface area contributed by atoms with Gasteiger partial charge in [-0.15, -0.1) is 0 Å². The SMILES string of the molecule is CC1CC(c2ccc(F)cc2)CN1CC(=O)NCc1ccccn1. The average molecular weight is 327 g/mol. The van der Waals surface area contributed by atoms with Crippen LogP contribution in [0.25, 0.3) is 0 Å². The minimum Gasteiger partial charge on any atom is -0.349 e. The van der Waals surface area contributed by atoms with Gasteiger partial charge in [0.05, 0.1) is 18.8 Å². The maximum atomic E-state index is 13.1. The standard InChI is InChI=1S/C19H22FN3O/c1-14-10-16(15-5-7-17(20)8-6-15)12-23(14)13-19(24)22-11-18-4-2-3-9-21-18/h2-9,14,16H,10-13H2,1H3,(H,22,24). The monoisotopic (exact) mass is 327 g/mol. The topological polar surface area (TPSA) is 45.2 Å². The molecule has 0 spiro atoms. The van der Waals surface area contributed by atoms with E-state index >= 15 is 0 Å². The number of nitrogens with zero attached hydrogens (tertiary/aromatic N) is 2. The lowest BCUT2D eigenvalue weighted by atomic mass is 9.97. The van der Waals surface area contributed by atoms with E-state index in [0.29, 0.717) is 25.0 Å². The number of hydrogen-bond acceptors (Lipinski definition) is 3. The van der Waals surface area contributed by atoms with Crippen LogP contribution in [-0.2, 0) is 11.3 Å². The number of aromatic nitrogens is 1. The van der Waals surface area contributed by atoms with Crippen molar-refractivity contribution in [3.63, 3.8) is 0 Å². The van der Waals surface area contributed by atoms with Crippen LogP contribution in [0.4, 0.5) is 4.39 Å². The van der Waals surface area contributed by atoms with Crippen molar-refractivity contribution in [3.05, 3.63) is 65.7 Å². The van der Waals surface area contributed by atoms with Crippen LogP contribution in [0.15, 0.2) is 48.7 Å². The summed E-state index contributed by atoms with van der Waals surface area (Å²) in [6, 6.07) is 12.7. The van der Waals surface area contributed by atoms with Gasteiger partial charge in [-0.1, -0.05) is 18.2 Å². The fourth-order valence-electron chi connectivity index (χ4n) is 3.23. The zero-order valence-corrected chi connectivity index (χ0v) is 13.8. The molecule has 1 aliphatic heterocycles. The number of nitrogens with one attached hydrogen (secondary N) is 1. The predicted octanol–water partition coefficient (Wildman–Crippen LogP) is 2.71. The molecule has 1 aromatic heterocycles. The number of carbonyl (C=O) groups excluding carboxylic acids is 1. The predicted molar refractivity (Wildman–Crippen MR) is 90.9 cm³/mol. The van der Waals surface area contributed by atoms with Crippen molar-refractivity contribution < 1.29 is 9.18 Å². The van der Waals surface area contributed by atoms with Gasteiger partial charge in [0.25, 0.3) is 0 Å². The van der Waals surface area contributed by atoms with E-state index in [1.54, 1.807) is 6.20 Å². The second-order valence-electron chi connectivity index (χ2n) is 6.36. The Morgan fingerprint density at radius 3 is 2.79 bits per heavy atom. The number of hydrogen-bond donors (Lipinski definition) is 1. The number of carbonyl (C=O) groups is 1. The summed E-state index contributed by atoms with van der Waals surface area (Å²) >= 11 is 0. The molecule has 1 aliphatic rings. The normalized spacial score (nSPS) is 20.9. The van der Waals surface area contributed by atoms with Crippen molar-refractivity contribution in [1.82, 2.24) is 15.2 Å². The molecule has 1 aromatic carbocycles. The van der Waals surface area contributed by atoms with Crippen LogP contribution in [0.3, 0.4) is 0 Å². The summed E-state index contributed by atoms with van der Waals surface area (Å²) in [7, 11) is 0. The van der Waals surface area contributed by atoms with Crippen LogP contribution in [0, 0.1) is 5.82 Å². The van der Waals surface area contributed by atoms with Gasteiger partial charge in [-0.3, -0.25) is 14.7 Å². The van der Waals surface area contributed by atoms with E-state index in [1.807, 2.05) is 30.3 Å². The first-order valence-corrected chi connectivity index (χ1v) is 8.28. The molecule has 1 fully saturated rings. The minimum atomic E-state index is -0.212. The van der Waals surface area contributed by atoms with Gasteiger partial charge in [0, 0.05) is 18.8 Å². The third kappa shape index (κ3) is 4.17. The highest BCUT2D eigenvalue weighted by Gasteiger charge is 2.31. The van der Waals surface area contributed by atoms with Crippen molar-refractivity contribution in [2.75, 3.05) is 13.1 Å². The highest BCUT2D eigenvalue weighted by Crippen LogP contribution is 2.31. The third-order valence-electron chi connectivity index (χ3n) is 4.58. The molecule has 0 bridgehead atoms. The van der Waals surface area contributed by atoms with E-state index < -0.39 is 0 Å². The van der Waals surface area contributed by atoms with Gasteiger partial charge in [0.15, 0.2) is 0 Å². The fraction of sp³-hybridized carbons (Fsp3) is 0.368. The fourth-order valence-corrected chi connectivity index (χ4v) is 3.23. The molecule has 5 heteroatoms. The van der Waals surface area contributed by atoms with E-state index in [-0.39, 0.29) is 11.7 Å². The third-order valence-corrected chi connectivity index (χ3v) is 4.58. The van der Waals surface area contributed by atoms with Gasteiger partial charge in [-0.2, -0.15) is 0 Å². The molecule has 2 aromatic rings. The summed E-state index contributed by atoms with van der Waals surface area (Å²) in [5.74, 6) is 0.145. The zero-order valence-electron chi connectivity index (χ0n) is 13.8. The Morgan fingerprint density at radius 1 is 1.29 bits per heavy atom. The van der Waals surface area contributed by atoms with Crippen molar-refractivity contribution in [2.24, 2.45) is 0 Å². The first kappa shape index (κ1) is 16.6. The summed E-state index contributed by atoms with van der Waals surface area (Å²) in [4.78, 5) is 18.6. The Bertz CT molecular complexity index is 675. The van der Waals surface area contributed by atoms with Crippen LogP contribution >= 0.6 is 0 Å². The van der Waals surface area contributed by atoms with E-state index in [4.69, 9.17) is 0 Å². The van der Waals surface area contributed by atoms with Crippen LogP contribution in [-0.4, -0.2) is 34.9 Å².